The van der Waals surface area contributed by atoms with Gasteiger partial charge in [-0.05, 0) is 0 Å². The Labute approximate surface area is 81.2 Å². The summed E-state index contributed by atoms with van der Waals surface area (Å²) < 4.78 is 0.0559. The minimum atomic E-state index is -1.00. The topological polar surface area (TPSA) is 0 Å². The van der Waals surface area contributed by atoms with Crippen molar-refractivity contribution < 1.29 is 0 Å². The van der Waals surface area contributed by atoms with E-state index in [9.17, 15) is 0 Å². The molecule has 0 aliphatic rings. The van der Waals surface area contributed by atoms with Crippen LogP contribution in [0.25, 0.3) is 0 Å². The second-order valence-electron chi connectivity index (χ2n) is 1.24. The van der Waals surface area contributed by atoms with Crippen LogP contribution in [0.4, 0.5) is 0 Å². The van der Waals surface area contributed by atoms with Gasteiger partial charge < -0.3 is 0 Å². The maximum atomic E-state index is 5.56. The molecule has 0 heterocycles. The van der Waals surface area contributed by atoms with E-state index in [1.807, 2.05) is 0 Å². The standard InChI is InChI=1S/B5I3/c1-4(2)5(3)8(6)7. The van der Waals surface area contributed by atoms with E-state index in [2.05, 4.69) is 37.2 Å². The van der Waals surface area contributed by atoms with Crippen LogP contribution < -0.4 is 0 Å². The first kappa shape index (κ1) is 10.5. The van der Waals surface area contributed by atoms with Gasteiger partial charge in [0.25, 0.3) is 0 Å². The Morgan fingerprint density at radius 1 is 1.12 bits per heavy atom. The van der Waals surface area contributed by atoms with Gasteiger partial charge in [-0.2, -0.15) is 0 Å². The summed E-state index contributed by atoms with van der Waals surface area (Å²) in [6.07, 6.45) is -0.325. The molecule has 8 heavy (non-hydrogen) atoms. The maximum absolute atomic E-state index is 5.56. The molecular formula is B5I3. The van der Waals surface area contributed by atoms with Crippen LogP contribution in [0.2, 0.25) is 0 Å². The normalized spacial score (nSPS) is 10.5. The fourth-order valence-electron chi connectivity index (χ4n) is 0.110. The quantitative estimate of drug-likeness (QED) is 0.445. The molecule has 0 aliphatic heterocycles. The molecule has 0 rings (SSSR count). The molecule has 0 aromatic carbocycles. The van der Waals surface area contributed by atoms with E-state index < -0.39 is 11.7 Å². The zero-order valence-electron chi connectivity index (χ0n) is 4.02. The predicted octanol–water partition coefficient (Wildman–Crippen LogP) is 0.753. The number of hydrogen-bond donors (Lipinski definition) is 0. The van der Waals surface area contributed by atoms with Crippen LogP contribution in [0.5, 0.6) is 0 Å². The Hall–Kier alpha value is 2.51. The SMILES string of the molecule is [B]B([B])B([B])I(I)I. The molecule has 0 aromatic rings. The fourth-order valence-corrected chi connectivity index (χ4v) is 4.95. The van der Waals surface area contributed by atoms with Crippen LogP contribution in [0, 0.1) is 0 Å². The van der Waals surface area contributed by atoms with Gasteiger partial charge in [0, 0.05) is 0 Å². The first-order chi connectivity index (χ1) is 3.55. The van der Waals surface area contributed by atoms with Crippen molar-refractivity contribution in [2.45, 2.75) is 0 Å². The summed E-state index contributed by atoms with van der Waals surface area (Å²) in [5, 5.41) is 0. The van der Waals surface area contributed by atoms with Gasteiger partial charge in [0.1, 0.15) is 0 Å². The van der Waals surface area contributed by atoms with Gasteiger partial charge in [0.05, 0.1) is 0 Å². The van der Waals surface area contributed by atoms with Crippen LogP contribution in [-0.2, 0) is 0 Å². The van der Waals surface area contributed by atoms with E-state index in [4.69, 9.17) is 23.2 Å². The Balaban J connectivity index is 3.46. The van der Waals surface area contributed by atoms with Crippen LogP contribution in [0.15, 0.2) is 0 Å². The van der Waals surface area contributed by atoms with E-state index in [0.29, 0.717) is 0 Å². The molecule has 36 valence electrons. The van der Waals surface area contributed by atoms with Gasteiger partial charge in [-0.3, -0.25) is 0 Å². The summed E-state index contributed by atoms with van der Waals surface area (Å²) >= 11 is 3.68. The minimum absolute atomic E-state index is 0.0559. The predicted molar refractivity (Wildman–Crippen MR) is 70.8 cm³/mol. The summed E-state index contributed by atoms with van der Waals surface area (Å²) in [6, 6.07) is 0. The fraction of sp³-hybridized carbons (Fsp3) is 0. The van der Waals surface area contributed by atoms with Crippen molar-refractivity contribution in [2.75, 3.05) is 0 Å². The van der Waals surface area contributed by atoms with Crippen LogP contribution >= 0.6 is 48.9 Å². The summed E-state index contributed by atoms with van der Waals surface area (Å²) in [5.41, 5.74) is 0. The molecule has 0 saturated carbocycles. The second-order valence-corrected chi connectivity index (χ2v) is 26.2. The zero-order chi connectivity index (χ0) is 6.73. The van der Waals surface area contributed by atoms with E-state index in [1.54, 1.807) is 0 Å². The molecule has 0 aliphatic carbocycles. The molecule has 0 aromatic heterocycles. The molecular weight excluding hydrogens is 435 g/mol. The van der Waals surface area contributed by atoms with Crippen LogP contribution in [-0.4, -0.2) is 33.9 Å². The van der Waals surface area contributed by atoms with Crippen molar-refractivity contribution in [2.24, 2.45) is 0 Å². The van der Waals surface area contributed by atoms with Crippen molar-refractivity contribution in [3.8, 4) is 0 Å². The van der Waals surface area contributed by atoms with Gasteiger partial charge in [-0.1, -0.05) is 0 Å². The van der Waals surface area contributed by atoms with Crippen molar-refractivity contribution >= 4 is 82.8 Å². The van der Waals surface area contributed by atoms with Gasteiger partial charge in [0.2, 0.25) is 0 Å². The first-order valence-electron chi connectivity index (χ1n) is 1.84. The van der Waals surface area contributed by atoms with Gasteiger partial charge in [0.15, 0.2) is 0 Å². The van der Waals surface area contributed by atoms with Crippen molar-refractivity contribution in [1.82, 2.24) is 0 Å². The molecule has 0 bridgehead atoms. The monoisotopic (exact) mass is 436 g/mol. The van der Waals surface area contributed by atoms with Gasteiger partial charge >= 0.3 is 82.8 Å². The average molecular weight is 435 g/mol. The van der Waals surface area contributed by atoms with E-state index in [0.717, 1.165) is 0 Å². The Morgan fingerprint density at radius 2 is 1.50 bits per heavy atom. The molecule has 6 radical (unpaired) electrons. The number of halogens is 3. The summed E-state index contributed by atoms with van der Waals surface area (Å²) in [4.78, 5) is 0. The summed E-state index contributed by atoms with van der Waals surface area (Å²) in [6.45, 7) is 0. The van der Waals surface area contributed by atoms with E-state index in [-0.39, 0.29) is 10.7 Å². The Bertz CT molecular complexity index is 52.7. The zero-order valence-corrected chi connectivity index (χ0v) is 10.5. The van der Waals surface area contributed by atoms with Crippen LogP contribution in [0.1, 0.15) is 0 Å². The molecule has 0 N–H and O–H groups in total. The van der Waals surface area contributed by atoms with Gasteiger partial charge in [-0.15, -0.1) is 0 Å². The molecule has 0 nitrogen and oxygen atoms in total. The van der Waals surface area contributed by atoms with Crippen molar-refractivity contribution in [3.05, 3.63) is 0 Å². The molecule has 0 unspecified atom stereocenters. The third-order valence-electron chi connectivity index (χ3n) is 0.558. The Kier molecular flexibility index (Phi) is 6.84. The molecule has 0 atom stereocenters. The van der Waals surface area contributed by atoms with Crippen molar-refractivity contribution in [3.63, 3.8) is 0 Å². The average Bonchev–Trinajstić information content (AvgIpc) is 1.64. The molecule has 0 spiro atoms. The number of rotatable bonds is 2. The van der Waals surface area contributed by atoms with Crippen molar-refractivity contribution in [1.29, 1.82) is 0 Å². The summed E-state index contributed by atoms with van der Waals surface area (Å²) in [7, 11) is 16.2. The second kappa shape index (κ2) is 5.20. The van der Waals surface area contributed by atoms with Crippen LogP contribution in [0.3, 0.4) is 0 Å². The third-order valence-corrected chi connectivity index (χ3v) is 9.77. The van der Waals surface area contributed by atoms with Gasteiger partial charge in [-0.25, -0.2) is 0 Å². The summed E-state index contributed by atoms with van der Waals surface area (Å²) in [5.74, 6) is 0. The molecule has 0 saturated heterocycles. The molecule has 8 heteroatoms. The first-order valence-corrected chi connectivity index (χ1v) is 15.7. The Morgan fingerprint density at radius 3 is 1.50 bits per heavy atom. The number of hydrogen-bond acceptors (Lipinski definition) is 0. The third kappa shape index (κ3) is 4.35. The molecule has 0 amide bonds. The van der Waals surface area contributed by atoms with E-state index >= 15 is 0 Å². The van der Waals surface area contributed by atoms with E-state index in [1.165, 1.54) is 0 Å². The molecule has 0 fully saturated rings.